The first kappa shape index (κ1) is 22.9. The van der Waals surface area contributed by atoms with Crippen molar-refractivity contribution in [1.82, 2.24) is 14.9 Å². The topological polar surface area (TPSA) is 95.6 Å². The van der Waals surface area contributed by atoms with Crippen LogP contribution >= 0.6 is 0 Å². The number of carbonyl (C=O) groups excluding carboxylic acids is 2. The maximum Gasteiger partial charge on any atom is 0.251 e. The number of rotatable bonds is 10. The first-order valence-electron chi connectivity index (χ1n) is 10.1. The van der Waals surface area contributed by atoms with Crippen molar-refractivity contribution in [3.63, 3.8) is 0 Å². The number of hydrogen-bond donors (Lipinski definition) is 2. The first-order chi connectivity index (χ1) is 14.8. The van der Waals surface area contributed by atoms with Crippen LogP contribution < -0.4 is 10.6 Å². The Morgan fingerprint density at radius 3 is 2.32 bits per heavy atom. The number of sulfonamides is 1. The number of nitrogens with one attached hydrogen (secondary N) is 2. The Kier molecular flexibility index (Phi) is 7.40. The summed E-state index contributed by atoms with van der Waals surface area (Å²) in [7, 11) is -2.29. The van der Waals surface area contributed by atoms with Crippen molar-refractivity contribution in [2.24, 2.45) is 0 Å². The van der Waals surface area contributed by atoms with E-state index < -0.39 is 15.8 Å². The maximum absolute atomic E-state index is 13.0. The van der Waals surface area contributed by atoms with Crippen LogP contribution in [0.25, 0.3) is 0 Å². The van der Waals surface area contributed by atoms with Gasteiger partial charge in [-0.05, 0) is 61.2 Å². The molecule has 9 heteroatoms. The molecule has 1 aliphatic rings. The van der Waals surface area contributed by atoms with Crippen LogP contribution in [0, 0.1) is 5.82 Å². The third kappa shape index (κ3) is 6.60. The van der Waals surface area contributed by atoms with Gasteiger partial charge in [-0.25, -0.2) is 17.1 Å². The van der Waals surface area contributed by atoms with Gasteiger partial charge in [-0.3, -0.25) is 9.59 Å². The maximum atomic E-state index is 13.0. The van der Waals surface area contributed by atoms with E-state index in [1.807, 2.05) is 0 Å². The number of halogens is 1. The molecule has 1 aliphatic carbocycles. The highest BCUT2D eigenvalue weighted by Gasteiger charge is 2.23. The summed E-state index contributed by atoms with van der Waals surface area (Å²) in [6.07, 6.45) is 2.59. The van der Waals surface area contributed by atoms with Crippen molar-refractivity contribution in [1.29, 1.82) is 0 Å². The summed E-state index contributed by atoms with van der Waals surface area (Å²) in [5.41, 5.74) is 1.46. The fourth-order valence-corrected chi connectivity index (χ4v) is 4.14. The predicted molar refractivity (Wildman–Crippen MR) is 114 cm³/mol. The summed E-state index contributed by atoms with van der Waals surface area (Å²) in [6.45, 7) is 0.491. The van der Waals surface area contributed by atoms with E-state index in [0.29, 0.717) is 24.6 Å². The van der Waals surface area contributed by atoms with Gasteiger partial charge in [0.15, 0.2) is 0 Å². The Morgan fingerprint density at radius 2 is 1.71 bits per heavy atom. The minimum atomic E-state index is -3.72. The van der Waals surface area contributed by atoms with Crippen LogP contribution in [-0.4, -0.2) is 44.2 Å². The summed E-state index contributed by atoms with van der Waals surface area (Å²) < 4.78 is 39.0. The van der Waals surface area contributed by atoms with E-state index in [9.17, 15) is 22.4 Å². The third-order valence-electron chi connectivity index (χ3n) is 5.02. The van der Waals surface area contributed by atoms with Crippen molar-refractivity contribution in [2.45, 2.75) is 43.2 Å². The fourth-order valence-electron chi connectivity index (χ4n) is 2.93. The highest BCUT2D eigenvalue weighted by Crippen LogP contribution is 2.19. The summed E-state index contributed by atoms with van der Waals surface area (Å²) in [5.74, 6) is -0.782. The zero-order valence-electron chi connectivity index (χ0n) is 17.3. The molecule has 2 aromatic carbocycles. The van der Waals surface area contributed by atoms with Crippen LogP contribution in [0.1, 0.15) is 41.6 Å². The lowest BCUT2D eigenvalue weighted by Crippen LogP contribution is -2.29. The lowest BCUT2D eigenvalue weighted by atomic mass is 10.1. The van der Waals surface area contributed by atoms with Gasteiger partial charge < -0.3 is 10.6 Å². The lowest BCUT2D eigenvalue weighted by molar-refractivity contribution is -0.121. The summed E-state index contributed by atoms with van der Waals surface area (Å²) in [5, 5.41) is 5.71. The second kappa shape index (κ2) is 10.0. The Balaban J connectivity index is 1.39. The SMILES string of the molecule is CN(CCCC(=O)NCc1ccc(C(=O)NC2CC2)cc1)S(=O)(=O)c1ccc(F)cc1. The molecule has 3 rings (SSSR count). The van der Waals surface area contributed by atoms with Gasteiger partial charge in [0, 0.05) is 38.2 Å². The fraction of sp³-hybridized carbons (Fsp3) is 0.364. The molecule has 1 saturated carbocycles. The Morgan fingerprint density at radius 1 is 1.06 bits per heavy atom. The van der Waals surface area contributed by atoms with Crippen LogP contribution in [0.4, 0.5) is 4.39 Å². The monoisotopic (exact) mass is 447 g/mol. The lowest BCUT2D eigenvalue weighted by Gasteiger charge is -2.17. The van der Waals surface area contributed by atoms with E-state index in [1.165, 1.54) is 19.2 Å². The average Bonchev–Trinajstić information content (AvgIpc) is 3.56. The van der Waals surface area contributed by atoms with Crippen molar-refractivity contribution in [3.05, 3.63) is 65.5 Å². The largest absolute Gasteiger partial charge is 0.352 e. The first-order valence-corrected chi connectivity index (χ1v) is 11.6. The van der Waals surface area contributed by atoms with Gasteiger partial charge in [-0.2, -0.15) is 0 Å². The Hall–Kier alpha value is -2.78. The van der Waals surface area contributed by atoms with Gasteiger partial charge in [0.05, 0.1) is 4.90 Å². The van der Waals surface area contributed by atoms with Crippen LogP contribution in [0.2, 0.25) is 0 Å². The molecule has 31 heavy (non-hydrogen) atoms. The van der Waals surface area contributed by atoms with Gasteiger partial charge >= 0.3 is 0 Å². The van der Waals surface area contributed by atoms with E-state index in [2.05, 4.69) is 10.6 Å². The number of hydrogen-bond acceptors (Lipinski definition) is 4. The van der Waals surface area contributed by atoms with Crippen molar-refractivity contribution in [3.8, 4) is 0 Å². The van der Waals surface area contributed by atoms with Gasteiger partial charge in [0.2, 0.25) is 15.9 Å². The summed E-state index contributed by atoms with van der Waals surface area (Å²) in [4.78, 5) is 24.1. The normalized spacial score (nSPS) is 13.8. The van der Waals surface area contributed by atoms with Gasteiger partial charge in [-0.1, -0.05) is 12.1 Å². The molecule has 2 aromatic rings. The van der Waals surface area contributed by atoms with Crippen LogP contribution in [0.5, 0.6) is 0 Å². The molecule has 2 N–H and O–H groups in total. The zero-order valence-corrected chi connectivity index (χ0v) is 18.1. The zero-order chi connectivity index (χ0) is 22.4. The molecule has 2 amide bonds. The minimum Gasteiger partial charge on any atom is -0.352 e. The molecule has 7 nitrogen and oxygen atoms in total. The average molecular weight is 448 g/mol. The molecule has 0 saturated heterocycles. The number of amides is 2. The van der Waals surface area contributed by atoms with Crippen molar-refractivity contribution in [2.75, 3.05) is 13.6 Å². The molecule has 0 aromatic heterocycles. The molecular weight excluding hydrogens is 421 g/mol. The van der Waals surface area contributed by atoms with Gasteiger partial charge in [-0.15, -0.1) is 0 Å². The second-order valence-corrected chi connectivity index (χ2v) is 9.65. The minimum absolute atomic E-state index is 0.00936. The smallest absolute Gasteiger partial charge is 0.251 e. The van der Waals surface area contributed by atoms with Gasteiger partial charge in [0.25, 0.3) is 5.91 Å². The molecule has 0 spiro atoms. The van der Waals surface area contributed by atoms with Crippen molar-refractivity contribution < 1.29 is 22.4 Å². The molecule has 0 heterocycles. The highest BCUT2D eigenvalue weighted by atomic mass is 32.2. The third-order valence-corrected chi connectivity index (χ3v) is 6.89. The van der Waals surface area contributed by atoms with Crippen LogP contribution in [-0.2, 0) is 21.4 Å². The van der Waals surface area contributed by atoms with E-state index >= 15 is 0 Å². The number of carbonyl (C=O) groups is 2. The predicted octanol–water partition coefficient (Wildman–Crippen LogP) is 2.43. The summed E-state index contributed by atoms with van der Waals surface area (Å²) >= 11 is 0. The van der Waals surface area contributed by atoms with E-state index in [0.717, 1.165) is 34.8 Å². The van der Waals surface area contributed by atoms with E-state index in [1.54, 1.807) is 24.3 Å². The molecule has 0 unspecified atom stereocenters. The van der Waals surface area contributed by atoms with Crippen molar-refractivity contribution >= 4 is 21.8 Å². The van der Waals surface area contributed by atoms with E-state index in [4.69, 9.17) is 0 Å². The standard InChI is InChI=1S/C22H26FN3O4S/c1-26(31(29,30)20-12-8-18(23)9-13-20)14-2-3-21(27)24-15-16-4-6-17(7-5-16)22(28)25-19-10-11-19/h4-9,12-13,19H,2-3,10-11,14-15H2,1H3,(H,24,27)(H,25,28). The molecule has 0 atom stereocenters. The Labute approximate surface area is 181 Å². The molecule has 0 aliphatic heterocycles. The van der Waals surface area contributed by atoms with Crippen LogP contribution in [0.3, 0.4) is 0 Å². The molecule has 1 fully saturated rings. The van der Waals surface area contributed by atoms with E-state index in [-0.39, 0.29) is 29.7 Å². The molecule has 0 radical (unpaired) electrons. The van der Waals surface area contributed by atoms with Crippen LogP contribution in [0.15, 0.2) is 53.4 Å². The van der Waals surface area contributed by atoms with Gasteiger partial charge in [0.1, 0.15) is 5.82 Å². The highest BCUT2D eigenvalue weighted by molar-refractivity contribution is 7.89. The number of benzene rings is 2. The molecular formula is C22H26FN3O4S. The Bertz CT molecular complexity index is 1020. The number of nitrogens with zero attached hydrogens (tertiary/aromatic N) is 1. The second-order valence-electron chi connectivity index (χ2n) is 7.61. The summed E-state index contributed by atoms with van der Waals surface area (Å²) in [6, 6.07) is 12.0. The quantitative estimate of drug-likeness (QED) is 0.585. The molecule has 166 valence electrons. The molecule has 0 bridgehead atoms.